The van der Waals surface area contributed by atoms with Crippen molar-refractivity contribution < 1.29 is 33.8 Å². The van der Waals surface area contributed by atoms with Gasteiger partial charge >= 0.3 is 5.97 Å². The smallest absolute Gasteiger partial charge is 0.305 e. The number of thiazole rings is 1. The van der Waals surface area contributed by atoms with Gasteiger partial charge in [0.1, 0.15) is 17.8 Å². The fourth-order valence-corrected chi connectivity index (χ4v) is 6.28. The lowest BCUT2D eigenvalue weighted by molar-refractivity contribution is -0.144. The fourth-order valence-electron chi connectivity index (χ4n) is 5.47. The number of nitrogens with zero attached hydrogens (tertiary/aromatic N) is 2. The van der Waals surface area contributed by atoms with E-state index in [4.69, 9.17) is 4.74 Å². The van der Waals surface area contributed by atoms with Crippen LogP contribution in [-0.2, 0) is 30.3 Å². The molecule has 1 saturated heterocycles. The monoisotopic (exact) mass is 664 g/mol. The van der Waals surface area contributed by atoms with Crippen molar-refractivity contribution in [3.05, 3.63) is 70.9 Å². The number of aliphatic hydroxyl groups is 1. The van der Waals surface area contributed by atoms with Crippen molar-refractivity contribution in [3.63, 3.8) is 0 Å². The van der Waals surface area contributed by atoms with Crippen LogP contribution >= 0.6 is 11.3 Å². The minimum atomic E-state index is -0.972. The van der Waals surface area contributed by atoms with Crippen molar-refractivity contribution in [3.8, 4) is 16.2 Å². The van der Waals surface area contributed by atoms with Gasteiger partial charge in [0.25, 0.3) is 5.91 Å². The number of carbonyl (C=O) groups excluding carboxylic acids is 4. The molecule has 0 aliphatic carbocycles. The molecule has 0 radical (unpaired) electrons. The van der Waals surface area contributed by atoms with E-state index in [0.29, 0.717) is 12.2 Å². The molecule has 1 aromatic heterocycles. The molecular weight excluding hydrogens is 620 g/mol. The quantitative estimate of drug-likeness (QED) is 0.247. The first-order valence-electron chi connectivity index (χ1n) is 15.6. The van der Waals surface area contributed by atoms with Gasteiger partial charge in [0, 0.05) is 19.4 Å². The number of aliphatic hydroxyl groups excluding tert-OH is 1. The van der Waals surface area contributed by atoms with E-state index in [1.165, 1.54) is 12.0 Å². The van der Waals surface area contributed by atoms with E-state index in [9.17, 15) is 24.3 Å². The fraction of sp³-hybridized carbons (Fsp3) is 0.457. The second-order valence-electron chi connectivity index (χ2n) is 12.9. The summed E-state index contributed by atoms with van der Waals surface area (Å²) in [7, 11) is 1.35. The summed E-state index contributed by atoms with van der Waals surface area (Å²) in [6.07, 6.45) is 0.00530. The van der Waals surface area contributed by atoms with Crippen LogP contribution in [0, 0.1) is 12.3 Å². The van der Waals surface area contributed by atoms with Gasteiger partial charge in [-0.2, -0.15) is 0 Å². The van der Waals surface area contributed by atoms with Crippen LogP contribution in [0.2, 0.25) is 0 Å². The Balaban J connectivity index is 1.36. The molecule has 0 spiro atoms. The van der Waals surface area contributed by atoms with Crippen molar-refractivity contribution in [2.75, 3.05) is 20.3 Å². The highest BCUT2D eigenvalue weighted by molar-refractivity contribution is 7.13. The number of methoxy groups -OCH3 is 1. The summed E-state index contributed by atoms with van der Waals surface area (Å²) in [5.41, 5.74) is 4.95. The molecule has 0 saturated carbocycles. The summed E-state index contributed by atoms with van der Waals surface area (Å²) in [6.45, 7) is 8.96. The molecule has 3 amide bonds. The highest BCUT2D eigenvalue weighted by Gasteiger charge is 2.44. The second kappa shape index (κ2) is 15.5. The molecule has 12 heteroatoms. The second-order valence-corrected chi connectivity index (χ2v) is 13.7. The minimum absolute atomic E-state index is 0.0184. The summed E-state index contributed by atoms with van der Waals surface area (Å²) < 4.78 is 10.3. The molecule has 2 unspecified atom stereocenters. The average Bonchev–Trinajstić information content (AvgIpc) is 3.66. The van der Waals surface area contributed by atoms with Crippen LogP contribution in [0.5, 0.6) is 5.75 Å². The van der Waals surface area contributed by atoms with E-state index in [-0.39, 0.29) is 43.9 Å². The van der Waals surface area contributed by atoms with Gasteiger partial charge in [0.15, 0.2) is 6.61 Å². The molecule has 0 bridgehead atoms. The van der Waals surface area contributed by atoms with Gasteiger partial charge in [-0.3, -0.25) is 19.2 Å². The normalized spacial score (nSPS) is 17.5. The van der Waals surface area contributed by atoms with Crippen LogP contribution in [0.1, 0.15) is 63.4 Å². The Morgan fingerprint density at radius 3 is 2.34 bits per heavy atom. The van der Waals surface area contributed by atoms with Crippen LogP contribution < -0.4 is 15.4 Å². The number of esters is 1. The Hall–Kier alpha value is -4.29. The van der Waals surface area contributed by atoms with E-state index in [0.717, 1.165) is 27.3 Å². The largest absolute Gasteiger partial charge is 0.484 e. The zero-order chi connectivity index (χ0) is 34.3. The standard InChI is InChI=1S/C35H44N4O7S/c1-21(24-10-12-25(13-11-24)31-22(2)36-20-47-31)37-33(43)28-17-26(40)18-39(28)34(44)32(35(3,4)5)38-29(41)19-46-27-14-7-23(8-15-27)9-16-30(42)45-6/h7-8,10-15,20-21,26,28,32,40H,9,16-19H2,1-6H3,(H,37,43)(H,38,41)/t21?,26-,28+,32?/m1/s1. The summed E-state index contributed by atoms with van der Waals surface area (Å²) >= 11 is 1.57. The Morgan fingerprint density at radius 2 is 1.74 bits per heavy atom. The Morgan fingerprint density at radius 1 is 1.06 bits per heavy atom. The topological polar surface area (TPSA) is 147 Å². The lowest BCUT2D eigenvalue weighted by Gasteiger charge is -2.35. The van der Waals surface area contributed by atoms with E-state index in [2.05, 4.69) is 20.4 Å². The van der Waals surface area contributed by atoms with Gasteiger partial charge in [0.05, 0.1) is 35.3 Å². The summed E-state index contributed by atoms with van der Waals surface area (Å²) in [5.74, 6) is -1.16. The maximum Gasteiger partial charge on any atom is 0.305 e. The molecule has 2 aromatic carbocycles. The number of likely N-dealkylation sites (tertiary alicyclic amines) is 1. The van der Waals surface area contributed by atoms with E-state index in [1.54, 1.807) is 35.6 Å². The first-order valence-corrected chi connectivity index (χ1v) is 16.5. The third kappa shape index (κ3) is 9.39. The Labute approximate surface area is 279 Å². The minimum Gasteiger partial charge on any atom is -0.484 e. The van der Waals surface area contributed by atoms with Crippen LogP contribution in [0.15, 0.2) is 54.0 Å². The number of benzene rings is 2. The van der Waals surface area contributed by atoms with Crippen molar-refractivity contribution >= 4 is 35.0 Å². The molecule has 3 N–H and O–H groups in total. The van der Waals surface area contributed by atoms with E-state index < -0.39 is 35.4 Å². The van der Waals surface area contributed by atoms with Crippen molar-refractivity contribution in [2.45, 2.75) is 78.1 Å². The SMILES string of the molecule is COC(=O)CCc1ccc(OCC(=O)NC(C(=O)N2C[C@H](O)C[C@H]2C(=O)NC(C)c2ccc(-c3scnc3C)cc2)C(C)(C)C)cc1. The van der Waals surface area contributed by atoms with Gasteiger partial charge in [0.2, 0.25) is 11.8 Å². The molecule has 1 aliphatic heterocycles. The Kier molecular flexibility index (Phi) is 11.8. The predicted molar refractivity (Wildman–Crippen MR) is 179 cm³/mol. The van der Waals surface area contributed by atoms with Gasteiger partial charge in [-0.15, -0.1) is 11.3 Å². The summed E-state index contributed by atoms with van der Waals surface area (Å²) in [4.78, 5) is 58.5. The number of hydrogen-bond acceptors (Lipinski definition) is 9. The number of ether oxygens (including phenoxy) is 2. The zero-order valence-electron chi connectivity index (χ0n) is 27.7. The molecule has 47 heavy (non-hydrogen) atoms. The number of hydrogen-bond donors (Lipinski definition) is 3. The van der Waals surface area contributed by atoms with Crippen LogP contribution in [0.3, 0.4) is 0 Å². The molecule has 1 fully saturated rings. The molecule has 4 atom stereocenters. The van der Waals surface area contributed by atoms with Crippen molar-refractivity contribution in [2.24, 2.45) is 5.41 Å². The van der Waals surface area contributed by atoms with Gasteiger partial charge in [-0.05, 0) is 54.5 Å². The number of carbonyl (C=O) groups is 4. The van der Waals surface area contributed by atoms with Gasteiger partial charge < -0.3 is 30.1 Å². The summed E-state index contributed by atoms with van der Waals surface area (Å²) in [5, 5.41) is 16.3. The lowest BCUT2D eigenvalue weighted by Crippen LogP contribution is -2.58. The number of aryl methyl sites for hydroxylation is 2. The van der Waals surface area contributed by atoms with E-state index >= 15 is 0 Å². The zero-order valence-corrected chi connectivity index (χ0v) is 28.6. The molecular formula is C35H44N4O7S. The first kappa shape index (κ1) is 35.6. The number of nitrogens with one attached hydrogen (secondary N) is 2. The van der Waals surface area contributed by atoms with Crippen molar-refractivity contribution in [1.29, 1.82) is 0 Å². The van der Waals surface area contributed by atoms with Crippen molar-refractivity contribution in [1.82, 2.24) is 20.5 Å². The van der Waals surface area contributed by atoms with Gasteiger partial charge in [-0.1, -0.05) is 57.2 Å². The predicted octanol–water partition coefficient (Wildman–Crippen LogP) is 3.97. The van der Waals surface area contributed by atoms with Gasteiger partial charge in [-0.25, -0.2) is 4.98 Å². The molecule has 4 rings (SSSR count). The van der Waals surface area contributed by atoms with Crippen LogP contribution in [0.4, 0.5) is 0 Å². The molecule has 252 valence electrons. The third-order valence-corrected chi connectivity index (χ3v) is 9.18. The maximum absolute atomic E-state index is 13.9. The number of amides is 3. The molecule has 1 aliphatic rings. The molecule has 2 heterocycles. The molecule has 11 nitrogen and oxygen atoms in total. The number of rotatable bonds is 12. The highest BCUT2D eigenvalue weighted by atomic mass is 32.1. The maximum atomic E-state index is 13.9. The average molecular weight is 665 g/mol. The highest BCUT2D eigenvalue weighted by Crippen LogP contribution is 2.29. The van der Waals surface area contributed by atoms with Crippen LogP contribution in [-0.4, -0.2) is 77.1 Å². The Bertz CT molecular complexity index is 1550. The summed E-state index contributed by atoms with van der Waals surface area (Å²) in [6, 6.07) is 12.7. The third-order valence-electron chi connectivity index (χ3n) is 8.20. The van der Waals surface area contributed by atoms with Crippen LogP contribution in [0.25, 0.3) is 10.4 Å². The lowest BCUT2D eigenvalue weighted by atomic mass is 9.85. The number of aromatic nitrogens is 1. The molecule has 3 aromatic rings. The number of β-amino-alcohol motifs (C(OH)–C–C–N with tert-alkyl or cyclic N) is 1. The first-order chi connectivity index (χ1) is 22.3. The van der Waals surface area contributed by atoms with E-state index in [1.807, 2.05) is 64.4 Å².